The summed E-state index contributed by atoms with van der Waals surface area (Å²) < 4.78 is 5.18. The molecule has 0 aliphatic heterocycles. The average Bonchev–Trinajstić information content (AvgIpc) is 2.26. The molecule has 1 aromatic rings. The number of methoxy groups -OCH3 is 1. The van der Waals surface area contributed by atoms with Crippen molar-refractivity contribution in [3.63, 3.8) is 0 Å². The second kappa shape index (κ2) is 6.07. The van der Waals surface area contributed by atoms with Gasteiger partial charge in [-0.25, -0.2) is 0 Å². The standard InChI is InChI=1S/C12H17BrO/c1-3-11(13)8-7-10-5-4-6-12(9-10)14-2/h4-6,9,11H,3,7-8H2,1-2H3. The van der Waals surface area contributed by atoms with E-state index in [9.17, 15) is 0 Å². The number of benzene rings is 1. The van der Waals surface area contributed by atoms with Gasteiger partial charge >= 0.3 is 0 Å². The van der Waals surface area contributed by atoms with Crippen molar-refractivity contribution in [2.75, 3.05) is 7.11 Å². The third-order valence-electron chi connectivity index (χ3n) is 2.32. The van der Waals surface area contributed by atoms with E-state index in [1.54, 1.807) is 7.11 Å². The predicted molar refractivity (Wildman–Crippen MR) is 64.3 cm³/mol. The van der Waals surface area contributed by atoms with Crippen molar-refractivity contribution >= 4 is 15.9 Å². The highest BCUT2D eigenvalue weighted by Gasteiger charge is 2.02. The number of alkyl halides is 1. The number of hydrogen-bond donors (Lipinski definition) is 0. The summed E-state index contributed by atoms with van der Waals surface area (Å²) in [7, 11) is 1.71. The number of hydrogen-bond acceptors (Lipinski definition) is 1. The Morgan fingerprint density at radius 3 is 2.86 bits per heavy atom. The zero-order valence-corrected chi connectivity index (χ0v) is 10.4. The maximum absolute atomic E-state index is 5.18. The molecule has 0 heterocycles. The molecular formula is C12H17BrO. The van der Waals surface area contributed by atoms with Crippen molar-refractivity contribution in [3.05, 3.63) is 29.8 Å². The fraction of sp³-hybridized carbons (Fsp3) is 0.500. The van der Waals surface area contributed by atoms with Gasteiger partial charge in [0.25, 0.3) is 0 Å². The van der Waals surface area contributed by atoms with E-state index in [1.165, 1.54) is 18.4 Å². The Morgan fingerprint density at radius 1 is 1.43 bits per heavy atom. The Balaban J connectivity index is 2.50. The van der Waals surface area contributed by atoms with Crippen LogP contribution in [0.4, 0.5) is 0 Å². The lowest BCUT2D eigenvalue weighted by atomic mass is 10.1. The average molecular weight is 257 g/mol. The normalized spacial score (nSPS) is 12.5. The molecule has 0 aliphatic carbocycles. The van der Waals surface area contributed by atoms with Crippen LogP contribution in [0.1, 0.15) is 25.3 Å². The van der Waals surface area contributed by atoms with E-state index in [1.807, 2.05) is 12.1 Å². The van der Waals surface area contributed by atoms with Gasteiger partial charge in [-0.3, -0.25) is 0 Å². The molecule has 1 atom stereocenters. The summed E-state index contributed by atoms with van der Waals surface area (Å²) in [5.74, 6) is 0.949. The SMILES string of the molecule is CCC(Br)CCc1cccc(OC)c1. The van der Waals surface area contributed by atoms with Crippen LogP contribution in [0.15, 0.2) is 24.3 Å². The molecule has 1 nitrogen and oxygen atoms in total. The quantitative estimate of drug-likeness (QED) is 0.729. The van der Waals surface area contributed by atoms with Crippen molar-refractivity contribution in [1.29, 1.82) is 0 Å². The van der Waals surface area contributed by atoms with E-state index in [-0.39, 0.29) is 0 Å². The Kier molecular flexibility index (Phi) is 5.02. The number of aryl methyl sites for hydroxylation is 1. The molecule has 14 heavy (non-hydrogen) atoms. The summed E-state index contributed by atoms with van der Waals surface area (Å²) in [5, 5.41) is 0. The van der Waals surface area contributed by atoms with E-state index in [2.05, 4.69) is 35.0 Å². The summed E-state index contributed by atoms with van der Waals surface area (Å²) in [5.41, 5.74) is 1.35. The van der Waals surface area contributed by atoms with Gasteiger partial charge in [-0.2, -0.15) is 0 Å². The minimum absolute atomic E-state index is 0.633. The van der Waals surface area contributed by atoms with Crippen LogP contribution in [0.25, 0.3) is 0 Å². The second-order valence-electron chi connectivity index (χ2n) is 3.40. The van der Waals surface area contributed by atoms with Crippen molar-refractivity contribution in [2.45, 2.75) is 31.0 Å². The summed E-state index contributed by atoms with van der Waals surface area (Å²) in [4.78, 5) is 0.633. The zero-order chi connectivity index (χ0) is 10.4. The first-order valence-corrected chi connectivity index (χ1v) is 5.94. The maximum Gasteiger partial charge on any atom is 0.119 e. The molecule has 0 bridgehead atoms. The molecule has 0 N–H and O–H groups in total. The van der Waals surface area contributed by atoms with E-state index >= 15 is 0 Å². The third-order valence-corrected chi connectivity index (χ3v) is 3.43. The minimum Gasteiger partial charge on any atom is -0.497 e. The van der Waals surface area contributed by atoms with Gasteiger partial charge in [-0.1, -0.05) is 35.0 Å². The molecule has 0 amide bonds. The summed E-state index contributed by atoms with van der Waals surface area (Å²) in [6, 6.07) is 8.28. The molecule has 0 aliphatic rings. The number of ether oxygens (including phenoxy) is 1. The molecule has 0 radical (unpaired) electrons. The van der Waals surface area contributed by atoms with E-state index in [0.717, 1.165) is 12.2 Å². The molecule has 1 aromatic carbocycles. The monoisotopic (exact) mass is 256 g/mol. The molecule has 78 valence electrons. The van der Waals surface area contributed by atoms with Crippen molar-refractivity contribution in [3.8, 4) is 5.75 Å². The van der Waals surface area contributed by atoms with Crippen LogP contribution < -0.4 is 4.74 Å². The fourth-order valence-corrected chi connectivity index (χ4v) is 1.58. The molecule has 0 saturated heterocycles. The molecule has 1 unspecified atom stereocenters. The molecule has 0 saturated carbocycles. The lowest BCUT2D eigenvalue weighted by Crippen LogP contribution is -1.98. The highest BCUT2D eigenvalue weighted by Crippen LogP contribution is 2.17. The highest BCUT2D eigenvalue weighted by atomic mass is 79.9. The lowest BCUT2D eigenvalue weighted by molar-refractivity contribution is 0.414. The number of halogens is 1. The van der Waals surface area contributed by atoms with E-state index in [4.69, 9.17) is 4.74 Å². The number of rotatable bonds is 5. The van der Waals surface area contributed by atoms with Gasteiger partial charge in [0.05, 0.1) is 7.11 Å². The minimum atomic E-state index is 0.633. The molecule has 0 fully saturated rings. The van der Waals surface area contributed by atoms with Gasteiger partial charge < -0.3 is 4.74 Å². The predicted octanol–water partition coefficient (Wildman–Crippen LogP) is 3.80. The van der Waals surface area contributed by atoms with Gasteiger partial charge in [0, 0.05) is 4.83 Å². The molecule has 0 spiro atoms. The topological polar surface area (TPSA) is 9.23 Å². The van der Waals surface area contributed by atoms with Crippen molar-refractivity contribution < 1.29 is 4.74 Å². The van der Waals surface area contributed by atoms with Crippen molar-refractivity contribution in [1.82, 2.24) is 0 Å². The van der Waals surface area contributed by atoms with Crippen LogP contribution in [0.5, 0.6) is 5.75 Å². The van der Waals surface area contributed by atoms with Crippen LogP contribution in [-0.4, -0.2) is 11.9 Å². The fourth-order valence-electron chi connectivity index (χ4n) is 1.36. The summed E-state index contributed by atoms with van der Waals surface area (Å²) in [6.07, 6.45) is 3.48. The lowest BCUT2D eigenvalue weighted by Gasteiger charge is -2.07. The Hall–Kier alpha value is -0.500. The van der Waals surface area contributed by atoms with Gasteiger partial charge in [0.1, 0.15) is 5.75 Å². The largest absolute Gasteiger partial charge is 0.497 e. The second-order valence-corrected chi connectivity index (χ2v) is 4.69. The zero-order valence-electron chi connectivity index (χ0n) is 8.79. The Bertz CT molecular complexity index is 273. The first-order valence-electron chi connectivity index (χ1n) is 5.03. The maximum atomic E-state index is 5.18. The van der Waals surface area contributed by atoms with E-state index in [0.29, 0.717) is 4.83 Å². The first-order chi connectivity index (χ1) is 6.76. The Labute approximate surface area is 94.6 Å². The summed E-state index contributed by atoms with van der Waals surface area (Å²) in [6.45, 7) is 2.20. The van der Waals surface area contributed by atoms with Gasteiger partial charge in [0.15, 0.2) is 0 Å². The molecular weight excluding hydrogens is 240 g/mol. The smallest absolute Gasteiger partial charge is 0.119 e. The van der Waals surface area contributed by atoms with Crippen LogP contribution in [0, 0.1) is 0 Å². The van der Waals surface area contributed by atoms with Crippen molar-refractivity contribution in [2.24, 2.45) is 0 Å². The highest BCUT2D eigenvalue weighted by molar-refractivity contribution is 9.09. The van der Waals surface area contributed by atoms with Crippen LogP contribution in [0.3, 0.4) is 0 Å². The van der Waals surface area contributed by atoms with Crippen LogP contribution in [0.2, 0.25) is 0 Å². The van der Waals surface area contributed by atoms with Crippen LogP contribution >= 0.6 is 15.9 Å². The first kappa shape index (κ1) is 11.6. The van der Waals surface area contributed by atoms with Gasteiger partial charge in [-0.15, -0.1) is 0 Å². The molecule has 1 rings (SSSR count). The summed E-state index contributed by atoms with van der Waals surface area (Å²) >= 11 is 3.64. The van der Waals surface area contributed by atoms with Gasteiger partial charge in [-0.05, 0) is 37.0 Å². The molecule has 2 heteroatoms. The van der Waals surface area contributed by atoms with E-state index < -0.39 is 0 Å². The van der Waals surface area contributed by atoms with Gasteiger partial charge in [0.2, 0.25) is 0 Å². The third kappa shape index (κ3) is 3.70. The Morgan fingerprint density at radius 2 is 2.21 bits per heavy atom. The van der Waals surface area contributed by atoms with Crippen LogP contribution in [-0.2, 0) is 6.42 Å². The molecule has 0 aromatic heterocycles.